The number of hydrogen-bond acceptors (Lipinski definition) is 3. The molecule has 1 aromatic rings. The van der Waals surface area contributed by atoms with Gasteiger partial charge in [-0.1, -0.05) is 29.8 Å². The van der Waals surface area contributed by atoms with E-state index in [1.807, 2.05) is 36.1 Å². The van der Waals surface area contributed by atoms with E-state index >= 15 is 0 Å². The Balaban J connectivity index is 1.84. The molecule has 2 N–H and O–H groups in total. The van der Waals surface area contributed by atoms with Gasteiger partial charge in [-0.15, -0.1) is 0 Å². The van der Waals surface area contributed by atoms with Crippen molar-refractivity contribution >= 4 is 17.5 Å². The van der Waals surface area contributed by atoms with E-state index in [0.29, 0.717) is 24.7 Å². The average Bonchev–Trinajstić information content (AvgIpc) is 2.26. The largest absolute Gasteiger partial charge is 0.388 e. The summed E-state index contributed by atoms with van der Waals surface area (Å²) >= 11 is 6.09. The molecule has 0 spiro atoms. The van der Waals surface area contributed by atoms with Gasteiger partial charge >= 0.3 is 0 Å². The fraction of sp³-hybridized carbons (Fsp3) is 0.500. The summed E-state index contributed by atoms with van der Waals surface area (Å²) in [6.07, 6.45) is 0. The summed E-state index contributed by atoms with van der Waals surface area (Å²) in [5.41, 5.74) is 0.266. The molecular formula is C14H19ClN2O2. The number of nitrogens with one attached hydrogen (secondary N) is 1. The number of carbonyl (C=O) groups excluding carboxylic acids is 1. The first-order valence-electron chi connectivity index (χ1n) is 6.36. The molecule has 1 saturated heterocycles. The highest BCUT2D eigenvalue weighted by Crippen LogP contribution is 2.22. The summed E-state index contributed by atoms with van der Waals surface area (Å²) < 4.78 is 0. The van der Waals surface area contributed by atoms with E-state index in [9.17, 15) is 9.90 Å². The van der Waals surface area contributed by atoms with Crippen LogP contribution in [0, 0.1) is 0 Å². The van der Waals surface area contributed by atoms with Gasteiger partial charge in [0.25, 0.3) is 0 Å². The second-order valence-corrected chi connectivity index (χ2v) is 5.86. The molecule has 0 radical (unpaired) electrons. The molecule has 5 heteroatoms. The summed E-state index contributed by atoms with van der Waals surface area (Å²) in [5, 5.41) is 13.2. The smallest absolute Gasteiger partial charge is 0.234 e. The summed E-state index contributed by atoms with van der Waals surface area (Å²) in [7, 11) is 0. The topological polar surface area (TPSA) is 52.6 Å². The van der Waals surface area contributed by atoms with E-state index in [1.165, 1.54) is 0 Å². The Hall–Kier alpha value is -1.10. The lowest BCUT2D eigenvalue weighted by Crippen LogP contribution is -2.61. The SMILES string of the molecule is CC(NC(=O)CN1CC(C)(O)C1)c1ccccc1Cl. The van der Waals surface area contributed by atoms with Crippen LogP contribution in [0.3, 0.4) is 0 Å². The number of nitrogens with zero attached hydrogens (tertiary/aromatic N) is 1. The van der Waals surface area contributed by atoms with Gasteiger partial charge in [-0.3, -0.25) is 9.69 Å². The molecule has 1 atom stereocenters. The number of carbonyl (C=O) groups is 1. The molecule has 0 aliphatic carbocycles. The van der Waals surface area contributed by atoms with Crippen molar-refractivity contribution in [3.63, 3.8) is 0 Å². The Labute approximate surface area is 118 Å². The van der Waals surface area contributed by atoms with Crippen molar-refractivity contribution in [3.05, 3.63) is 34.9 Å². The van der Waals surface area contributed by atoms with Crippen molar-refractivity contribution in [2.75, 3.05) is 19.6 Å². The van der Waals surface area contributed by atoms with E-state index in [-0.39, 0.29) is 11.9 Å². The molecule has 2 rings (SSSR count). The third-order valence-electron chi connectivity index (χ3n) is 3.24. The van der Waals surface area contributed by atoms with Crippen LogP contribution in [-0.4, -0.2) is 41.1 Å². The van der Waals surface area contributed by atoms with E-state index in [0.717, 1.165) is 5.56 Å². The molecule has 1 fully saturated rings. The molecule has 1 aliphatic rings. The minimum atomic E-state index is -0.644. The molecule has 0 bridgehead atoms. The van der Waals surface area contributed by atoms with Crippen molar-refractivity contribution < 1.29 is 9.90 Å². The zero-order valence-electron chi connectivity index (χ0n) is 11.2. The number of benzene rings is 1. The highest BCUT2D eigenvalue weighted by atomic mass is 35.5. The van der Waals surface area contributed by atoms with Gasteiger partial charge in [0.1, 0.15) is 0 Å². The second kappa shape index (κ2) is 5.49. The normalized spacial score (nSPS) is 19.6. The van der Waals surface area contributed by atoms with Crippen LogP contribution in [-0.2, 0) is 4.79 Å². The second-order valence-electron chi connectivity index (χ2n) is 5.45. The summed E-state index contributed by atoms with van der Waals surface area (Å²) in [5.74, 6) is -0.0529. The lowest BCUT2D eigenvalue weighted by Gasteiger charge is -2.43. The molecule has 1 aliphatic heterocycles. The van der Waals surface area contributed by atoms with Crippen LogP contribution in [0.5, 0.6) is 0 Å². The third kappa shape index (κ3) is 3.69. The van der Waals surface area contributed by atoms with E-state index in [2.05, 4.69) is 5.32 Å². The van der Waals surface area contributed by atoms with Crippen LogP contribution < -0.4 is 5.32 Å². The zero-order chi connectivity index (χ0) is 14.0. The molecule has 1 amide bonds. The molecular weight excluding hydrogens is 264 g/mol. The van der Waals surface area contributed by atoms with Gasteiger partial charge in [0.15, 0.2) is 0 Å². The Morgan fingerprint density at radius 1 is 1.53 bits per heavy atom. The highest BCUT2D eigenvalue weighted by molar-refractivity contribution is 6.31. The standard InChI is InChI=1S/C14H19ClN2O2/c1-10(11-5-3-4-6-12(11)15)16-13(18)7-17-8-14(2,19)9-17/h3-6,10,19H,7-9H2,1-2H3,(H,16,18). The quantitative estimate of drug-likeness (QED) is 0.882. The maximum atomic E-state index is 11.9. The van der Waals surface area contributed by atoms with E-state index < -0.39 is 5.60 Å². The van der Waals surface area contributed by atoms with Gasteiger partial charge in [-0.2, -0.15) is 0 Å². The van der Waals surface area contributed by atoms with Gasteiger partial charge in [0, 0.05) is 18.1 Å². The molecule has 4 nitrogen and oxygen atoms in total. The minimum absolute atomic E-state index is 0.0529. The van der Waals surface area contributed by atoms with Crippen molar-refractivity contribution in [3.8, 4) is 0 Å². The fourth-order valence-electron chi connectivity index (χ4n) is 2.42. The Morgan fingerprint density at radius 3 is 2.74 bits per heavy atom. The lowest BCUT2D eigenvalue weighted by molar-refractivity contribution is -0.130. The van der Waals surface area contributed by atoms with Gasteiger partial charge in [-0.05, 0) is 25.5 Å². The summed E-state index contributed by atoms with van der Waals surface area (Å²) in [4.78, 5) is 13.8. The predicted octanol–water partition coefficient (Wildman–Crippen LogP) is 1.58. The molecule has 104 valence electrons. The average molecular weight is 283 g/mol. The number of rotatable bonds is 4. The first-order valence-corrected chi connectivity index (χ1v) is 6.74. The van der Waals surface area contributed by atoms with Crippen molar-refractivity contribution in [2.24, 2.45) is 0 Å². The van der Waals surface area contributed by atoms with Gasteiger partial charge < -0.3 is 10.4 Å². The molecule has 0 aromatic heterocycles. The van der Waals surface area contributed by atoms with Gasteiger partial charge in [0.05, 0.1) is 18.2 Å². The molecule has 1 heterocycles. The maximum absolute atomic E-state index is 11.9. The van der Waals surface area contributed by atoms with Crippen LogP contribution >= 0.6 is 11.6 Å². The Morgan fingerprint density at radius 2 is 2.16 bits per heavy atom. The number of likely N-dealkylation sites (tertiary alicyclic amines) is 1. The van der Waals surface area contributed by atoms with Crippen molar-refractivity contribution in [2.45, 2.75) is 25.5 Å². The van der Waals surface area contributed by atoms with Gasteiger partial charge in [-0.25, -0.2) is 0 Å². The van der Waals surface area contributed by atoms with Crippen molar-refractivity contribution in [1.82, 2.24) is 10.2 Å². The van der Waals surface area contributed by atoms with Crippen LogP contribution in [0.2, 0.25) is 5.02 Å². The molecule has 19 heavy (non-hydrogen) atoms. The van der Waals surface area contributed by atoms with Gasteiger partial charge in [0.2, 0.25) is 5.91 Å². The first kappa shape index (κ1) is 14.3. The highest BCUT2D eigenvalue weighted by Gasteiger charge is 2.37. The molecule has 0 saturated carbocycles. The van der Waals surface area contributed by atoms with Crippen molar-refractivity contribution in [1.29, 1.82) is 0 Å². The summed E-state index contributed by atoms with van der Waals surface area (Å²) in [6.45, 7) is 5.08. The summed E-state index contributed by atoms with van der Waals surface area (Å²) in [6, 6.07) is 7.36. The first-order chi connectivity index (χ1) is 8.87. The van der Waals surface area contributed by atoms with E-state index in [4.69, 9.17) is 11.6 Å². The number of amides is 1. The molecule has 1 unspecified atom stereocenters. The van der Waals surface area contributed by atoms with Crippen LogP contribution in [0.1, 0.15) is 25.5 Å². The third-order valence-corrected chi connectivity index (χ3v) is 3.59. The zero-order valence-corrected chi connectivity index (χ0v) is 11.9. The number of halogens is 1. The predicted molar refractivity (Wildman–Crippen MR) is 75.1 cm³/mol. The van der Waals surface area contributed by atoms with Crippen LogP contribution in [0.4, 0.5) is 0 Å². The van der Waals surface area contributed by atoms with Crippen LogP contribution in [0.25, 0.3) is 0 Å². The lowest BCUT2D eigenvalue weighted by atomic mass is 9.97. The number of aliphatic hydroxyl groups is 1. The number of hydrogen-bond donors (Lipinski definition) is 2. The Bertz CT molecular complexity index is 468. The van der Waals surface area contributed by atoms with E-state index in [1.54, 1.807) is 6.92 Å². The fourth-order valence-corrected chi connectivity index (χ4v) is 2.72. The Kier molecular flexibility index (Phi) is 4.13. The van der Waals surface area contributed by atoms with Crippen LogP contribution in [0.15, 0.2) is 24.3 Å². The monoisotopic (exact) mass is 282 g/mol. The molecule has 1 aromatic carbocycles. The number of β-amino-alcohol motifs (C(OH)–C–C–N with tert-alkyl or cyclic N) is 1. The minimum Gasteiger partial charge on any atom is -0.388 e. The maximum Gasteiger partial charge on any atom is 0.234 e.